The Labute approximate surface area is 129 Å². The van der Waals surface area contributed by atoms with Gasteiger partial charge in [-0.15, -0.1) is 0 Å². The number of hydrogen-bond acceptors (Lipinski definition) is 3. The number of carbonyl (C=O) groups is 1. The highest BCUT2D eigenvalue weighted by Crippen LogP contribution is 2.23. The number of nitrogens with zero attached hydrogens (tertiary/aromatic N) is 2. The molecule has 0 N–H and O–H groups in total. The second kappa shape index (κ2) is 6.76. The lowest BCUT2D eigenvalue weighted by atomic mass is 10.1. The molecule has 0 unspecified atom stereocenters. The van der Waals surface area contributed by atoms with Crippen molar-refractivity contribution >= 4 is 17.4 Å². The van der Waals surface area contributed by atoms with Gasteiger partial charge in [-0.1, -0.05) is 18.5 Å². The molecule has 1 heterocycles. The van der Waals surface area contributed by atoms with Gasteiger partial charge in [0.15, 0.2) is 5.78 Å². The smallest absolute Gasteiger partial charge is 0.159 e. The van der Waals surface area contributed by atoms with Crippen molar-refractivity contribution in [3.05, 3.63) is 46.2 Å². The number of ketones is 1. The van der Waals surface area contributed by atoms with Gasteiger partial charge in [0.2, 0.25) is 0 Å². The van der Waals surface area contributed by atoms with E-state index < -0.39 is 0 Å². The summed E-state index contributed by atoms with van der Waals surface area (Å²) >= 11 is 6.33. The van der Waals surface area contributed by atoms with E-state index in [1.807, 2.05) is 18.5 Å². The quantitative estimate of drug-likeness (QED) is 0.760. The highest BCUT2D eigenvalue weighted by Gasteiger charge is 2.14. The molecule has 5 heteroatoms. The van der Waals surface area contributed by atoms with E-state index in [4.69, 9.17) is 16.3 Å². The van der Waals surface area contributed by atoms with Gasteiger partial charge in [0.25, 0.3) is 0 Å². The molecule has 1 aromatic carbocycles. The van der Waals surface area contributed by atoms with Crippen LogP contribution in [0.3, 0.4) is 0 Å². The number of benzene rings is 1. The molecule has 0 saturated heterocycles. The van der Waals surface area contributed by atoms with E-state index in [1.165, 1.54) is 0 Å². The van der Waals surface area contributed by atoms with Crippen LogP contribution in [0.5, 0.6) is 5.75 Å². The molecule has 0 aliphatic heterocycles. The van der Waals surface area contributed by atoms with Crippen molar-refractivity contribution in [2.24, 2.45) is 0 Å². The number of hydrogen-bond donors (Lipinski definition) is 0. The maximum absolute atomic E-state index is 11.2. The lowest BCUT2D eigenvalue weighted by molar-refractivity contribution is 0.101. The van der Waals surface area contributed by atoms with Gasteiger partial charge in [-0.05, 0) is 44.5 Å². The van der Waals surface area contributed by atoms with Crippen molar-refractivity contribution in [1.29, 1.82) is 0 Å². The topological polar surface area (TPSA) is 44.1 Å². The minimum atomic E-state index is 0.0428. The van der Waals surface area contributed by atoms with E-state index in [0.29, 0.717) is 22.9 Å². The van der Waals surface area contributed by atoms with Crippen molar-refractivity contribution in [3.63, 3.8) is 0 Å². The van der Waals surface area contributed by atoms with Crippen LogP contribution in [0.1, 0.15) is 42.5 Å². The van der Waals surface area contributed by atoms with E-state index in [-0.39, 0.29) is 5.78 Å². The molecule has 2 aromatic rings. The fourth-order valence-electron chi connectivity index (χ4n) is 2.09. The summed E-state index contributed by atoms with van der Waals surface area (Å²) in [7, 11) is 0. The average Bonchev–Trinajstić information content (AvgIpc) is 2.81. The maximum Gasteiger partial charge on any atom is 0.159 e. The summed E-state index contributed by atoms with van der Waals surface area (Å²) in [6.07, 6.45) is 0.798. The molecule has 112 valence electrons. The molecule has 0 radical (unpaired) electrons. The SMILES string of the molecule is CCc1nn(CC)c(COc2ccc(C(C)=O)cc2)c1Cl. The van der Waals surface area contributed by atoms with Crippen LogP contribution < -0.4 is 4.74 Å². The maximum atomic E-state index is 11.2. The summed E-state index contributed by atoms with van der Waals surface area (Å²) in [5.74, 6) is 0.749. The fraction of sp³-hybridized carbons (Fsp3) is 0.375. The van der Waals surface area contributed by atoms with Gasteiger partial charge < -0.3 is 4.74 Å². The zero-order valence-electron chi connectivity index (χ0n) is 12.5. The molecule has 0 saturated carbocycles. The normalized spacial score (nSPS) is 10.7. The molecule has 0 amide bonds. The predicted octanol–water partition coefficient (Wildman–Crippen LogP) is 3.90. The summed E-state index contributed by atoms with van der Waals surface area (Å²) in [4.78, 5) is 11.2. The predicted molar refractivity (Wildman–Crippen MR) is 83.1 cm³/mol. The van der Waals surface area contributed by atoms with Gasteiger partial charge in [-0.25, -0.2) is 0 Å². The third kappa shape index (κ3) is 3.45. The first-order valence-corrected chi connectivity index (χ1v) is 7.42. The molecule has 0 aliphatic rings. The molecule has 0 bridgehead atoms. The third-order valence-electron chi connectivity index (χ3n) is 3.33. The standard InChI is InChI=1S/C16H19ClN2O2/c1-4-14-16(17)15(19(5-2)18-14)10-21-13-8-6-12(7-9-13)11(3)20/h6-9H,4-5,10H2,1-3H3. The van der Waals surface area contributed by atoms with Crippen molar-refractivity contribution < 1.29 is 9.53 Å². The lowest BCUT2D eigenvalue weighted by Crippen LogP contribution is -2.06. The first kappa shape index (κ1) is 15.6. The zero-order chi connectivity index (χ0) is 15.4. The Kier molecular flexibility index (Phi) is 5.02. The van der Waals surface area contributed by atoms with Gasteiger partial charge in [0, 0.05) is 12.1 Å². The van der Waals surface area contributed by atoms with Gasteiger partial charge in [-0.3, -0.25) is 9.48 Å². The van der Waals surface area contributed by atoms with E-state index in [1.54, 1.807) is 31.2 Å². The average molecular weight is 307 g/mol. The minimum absolute atomic E-state index is 0.0428. The third-order valence-corrected chi connectivity index (χ3v) is 3.77. The number of Topliss-reactive ketones (excluding diaryl/α,β-unsaturated/α-hetero) is 1. The molecule has 1 aromatic heterocycles. The monoisotopic (exact) mass is 306 g/mol. The van der Waals surface area contributed by atoms with Crippen molar-refractivity contribution in [1.82, 2.24) is 9.78 Å². The largest absolute Gasteiger partial charge is 0.487 e. The van der Waals surface area contributed by atoms with Gasteiger partial charge in [-0.2, -0.15) is 5.10 Å². The summed E-state index contributed by atoms with van der Waals surface area (Å²) in [5, 5.41) is 5.14. The van der Waals surface area contributed by atoms with Crippen molar-refractivity contribution in [3.8, 4) is 5.75 Å². The van der Waals surface area contributed by atoms with Gasteiger partial charge in [0.1, 0.15) is 12.4 Å². The van der Waals surface area contributed by atoms with Gasteiger partial charge >= 0.3 is 0 Å². The Balaban J connectivity index is 2.12. The van der Waals surface area contributed by atoms with Crippen LogP contribution in [-0.4, -0.2) is 15.6 Å². The van der Waals surface area contributed by atoms with Crippen LogP contribution >= 0.6 is 11.6 Å². The summed E-state index contributed by atoms with van der Waals surface area (Å²) in [6, 6.07) is 7.10. The highest BCUT2D eigenvalue weighted by molar-refractivity contribution is 6.31. The zero-order valence-corrected chi connectivity index (χ0v) is 13.3. The molecule has 4 nitrogen and oxygen atoms in total. The van der Waals surface area contributed by atoms with Crippen LogP contribution in [0.25, 0.3) is 0 Å². The second-order valence-electron chi connectivity index (χ2n) is 4.75. The Morgan fingerprint density at radius 2 is 1.95 bits per heavy atom. The summed E-state index contributed by atoms with van der Waals surface area (Å²) in [5.41, 5.74) is 2.45. The molecule has 0 atom stereocenters. The molecule has 0 fully saturated rings. The first-order valence-electron chi connectivity index (χ1n) is 7.04. The number of rotatable bonds is 6. The molecular weight excluding hydrogens is 288 g/mol. The number of aromatic nitrogens is 2. The Bertz CT molecular complexity index is 632. The minimum Gasteiger partial charge on any atom is -0.487 e. The Morgan fingerprint density at radius 1 is 1.29 bits per heavy atom. The molecule has 0 spiro atoms. The van der Waals surface area contributed by atoms with E-state index >= 15 is 0 Å². The van der Waals surface area contributed by atoms with E-state index in [0.717, 1.165) is 24.4 Å². The van der Waals surface area contributed by atoms with Crippen LogP contribution in [0.15, 0.2) is 24.3 Å². The fourth-order valence-corrected chi connectivity index (χ4v) is 2.42. The number of halogens is 1. The van der Waals surface area contributed by atoms with Crippen molar-refractivity contribution in [2.45, 2.75) is 40.3 Å². The van der Waals surface area contributed by atoms with Crippen molar-refractivity contribution in [2.75, 3.05) is 0 Å². The summed E-state index contributed by atoms with van der Waals surface area (Å²) in [6.45, 7) is 6.70. The Morgan fingerprint density at radius 3 is 2.48 bits per heavy atom. The van der Waals surface area contributed by atoms with Gasteiger partial charge in [0.05, 0.1) is 16.4 Å². The Hall–Kier alpha value is -1.81. The van der Waals surface area contributed by atoms with Crippen LogP contribution in [0, 0.1) is 0 Å². The molecule has 0 aliphatic carbocycles. The second-order valence-corrected chi connectivity index (χ2v) is 5.12. The molecule has 21 heavy (non-hydrogen) atoms. The number of carbonyl (C=O) groups excluding carboxylic acids is 1. The lowest BCUT2D eigenvalue weighted by Gasteiger charge is -2.08. The van der Waals surface area contributed by atoms with E-state index in [9.17, 15) is 4.79 Å². The van der Waals surface area contributed by atoms with Crippen LogP contribution in [-0.2, 0) is 19.6 Å². The molecular formula is C16H19ClN2O2. The first-order chi connectivity index (χ1) is 10.1. The van der Waals surface area contributed by atoms with Crippen LogP contribution in [0.2, 0.25) is 5.02 Å². The molecule has 2 rings (SSSR count). The highest BCUT2D eigenvalue weighted by atomic mass is 35.5. The van der Waals surface area contributed by atoms with Crippen LogP contribution in [0.4, 0.5) is 0 Å². The number of ether oxygens (including phenoxy) is 1. The number of aryl methyl sites for hydroxylation is 2. The van der Waals surface area contributed by atoms with E-state index in [2.05, 4.69) is 5.10 Å². The summed E-state index contributed by atoms with van der Waals surface area (Å²) < 4.78 is 7.62.